The van der Waals surface area contributed by atoms with Crippen molar-refractivity contribution in [3.63, 3.8) is 0 Å². The van der Waals surface area contributed by atoms with E-state index in [1.165, 1.54) is 18.3 Å². The van der Waals surface area contributed by atoms with Crippen molar-refractivity contribution >= 4 is 17.6 Å². The maximum Gasteiger partial charge on any atom is 0.407 e. The van der Waals surface area contributed by atoms with Crippen LogP contribution in [0, 0.1) is 13.8 Å². The summed E-state index contributed by atoms with van der Waals surface area (Å²) >= 11 is 0. The van der Waals surface area contributed by atoms with Gasteiger partial charge in [0.1, 0.15) is 12.4 Å². The molecule has 0 saturated carbocycles. The maximum absolute atomic E-state index is 11.0. The Morgan fingerprint density at radius 3 is 2.63 bits per heavy atom. The minimum Gasteiger partial charge on any atom is -0.489 e. The summed E-state index contributed by atoms with van der Waals surface area (Å²) in [5.41, 5.74) is 2.60. The van der Waals surface area contributed by atoms with Gasteiger partial charge in [-0.1, -0.05) is 0 Å². The smallest absolute Gasteiger partial charge is 0.407 e. The van der Waals surface area contributed by atoms with E-state index in [0.717, 1.165) is 17.1 Å². The van der Waals surface area contributed by atoms with Crippen LogP contribution in [-0.4, -0.2) is 57.4 Å². The number of hydrogen-bond acceptors (Lipinski definition) is 7. The van der Waals surface area contributed by atoms with E-state index in [1.54, 1.807) is 0 Å². The number of ether oxygens (including phenoxy) is 2. The third kappa shape index (κ3) is 4.36. The van der Waals surface area contributed by atoms with Crippen molar-refractivity contribution in [3.8, 4) is 11.6 Å². The SMILES string of the molecule is COc1c(Nc2ccc(C)nc2C)ncnc1OC1CCN(C(=O)O)CC1. The standard InChI is InChI=1S/C18H23N5O4/c1-11-4-5-14(12(2)21-11)22-16-15(26-3)17(20-10-19-16)27-13-6-8-23(9-7-13)18(24)25/h4-5,10,13H,6-9H2,1-3H3,(H,24,25)(H,19,20,22). The number of aryl methyl sites for hydroxylation is 2. The predicted octanol–water partition coefficient (Wildman–Crippen LogP) is 2.76. The van der Waals surface area contributed by atoms with Crippen LogP contribution in [0.2, 0.25) is 0 Å². The molecule has 1 saturated heterocycles. The quantitative estimate of drug-likeness (QED) is 0.823. The molecule has 1 aliphatic rings. The molecular weight excluding hydrogens is 350 g/mol. The zero-order valence-corrected chi connectivity index (χ0v) is 15.6. The second-order valence-corrected chi connectivity index (χ2v) is 6.36. The molecular formula is C18H23N5O4. The average molecular weight is 373 g/mol. The van der Waals surface area contributed by atoms with Gasteiger partial charge < -0.3 is 24.8 Å². The van der Waals surface area contributed by atoms with Crippen LogP contribution in [0.15, 0.2) is 18.5 Å². The lowest BCUT2D eigenvalue weighted by atomic mass is 10.1. The summed E-state index contributed by atoms with van der Waals surface area (Å²) in [6, 6.07) is 3.85. The van der Waals surface area contributed by atoms with Crippen molar-refractivity contribution in [3.05, 3.63) is 29.8 Å². The minimum atomic E-state index is -0.901. The van der Waals surface area contributed by atoms with E-state index >= 15 is 0 Å². The molecule has 9 nitrogen and oxygen atoms in total. The third-order valence-electron chi connectivity index (χ3n) is 4.44. The van der Waals surface area contributed by atoms with Gasteiger partial charge in [-0.25, -0.2) is 9.78 Å². The van der Waals surface area contributed by atoms with E-state index in [-0.39, 0.29) is 6.10 Å². The minimum absolute atomic E-state index is 0.125. The molecule has 2 N–H and O–H groups in total. The number of nitrogens with one attached hydrogen (secondary N) is 1. The first-order valence-corrected chi connectivity index (χ1v) is 8.72. The predicted molar refractivity (Wildman–Crippen MR) is 98.8 cm³/mol. The molecule has 144 valence electrons. The number of likely N-dealkylation sites (tertiary alicyclic amines) is 1. The highest BCUT2D eigenvalue weighted by Gasteiger charge is 2.25. The van der Waals surface area contributed by atoms with Crippen LogP contribution < -0.4 is 14.8 Å². The Morgan fingerprint density at radius 2 is 2.00 bits per heavy atom. The van der Waals surface area contributed by atoms with Crippen molar-refractivity contribution in [2.45, 2.75) is 32.8 Å². The first kappa shape index (κ1) is 18.7. The number of carboxylic acid groups (broad SMARTS) is 1. The summed E-state index contributed by atoms with van der Waals surface area (Å²) in [4.78, 5) is 25.3. The van der Waals surface area contributed by atoms with Crippen molar-refractivity contribution in [2.24, 2.45) is 0 Å². The molecule has 1 fully saturated rings. The van der Waals surface area contributed by atoms with Gasteiger partial charge in [-0.15, -0.1) is 0 Å². The number of piperidine rings is 1. The van der Waals surface area contributed by atoms with Crippen LogP contribution in [0.25, 0.3) is 0 Å². The van der Waals surface area contributed by atoms with Crippen molar-refractivity contribution in [1.82, 2.24) is 19.9 Å². The van der Waals surface area contributed by atoms with E-state index in [0.29, 0.717) is 43.4 Å². The highest BCUT2D eigenvalue weighted by molar-refractivity contribution is 5.66. The summed E-state index contributed by atoms with van der Waals surface area (Å²) in [6.07, 6.45) is 1.58. The Morgan fingerprint density at radius 1 is 1.26 bits per heavy atom. The molecule has 3 heterocycles. The topological polar surface area (TPSA) is 110 Å². The zero-order valence-electron chi connectivity index (χ0n) is 15.6. The number of aromatic nitrogens is 3. The lowest BCUT2D eigenvalue weighted by molar-refractivity contribution is 0.0852. The van der Waals surface area contributed by atoms with Gasteiger partial charge in [0, 0.05) is 31.6 Å². The van der Waals surface area contributed by atoms with Gasteiger partial charge in [0.15, 0.2) is 5.82 Å². The van der Waals surface area contributed by atoms with Crippen molar-refractivity contribution < 1.29 is 19.4 Å². The van der Waals surface area contributed by atoms with Gasteiger partial charge in [-0.3, -0.25) is 4.98 Å². The molecule has 0 atom stereocenters. The first-order chi connectivity index (χ1) is 13.0. The van der Waals surface area contributed by atoms with Gasteiger partial charge in [0.25, 0.3) is 5.88 Å². The van der Waals surface area contributed by atoms with E-state index < -0.39 is 6.09 Å². The van der Waals surface area contributed by atoms with Gasteiger partial charge in [-0.2, -0.15) is 4.98 Å². The Labute approximate surface area is 157 Å². The second kappa shape index (κ2) is 8.07. The van der Waals surface area contributed by atoms with Crippen LogP contribution in [0.4, 0.5) is 16.3 Å². The molecule has 0 aromatic carbocycles. The summed E-state index contributed by atoms with van der Waals surface area (Å²) < 4.78 is 11.5. The fraction of sp³-hybridized carbons (Fsp3) is 0.444. The van der Waals surface area contributed by atoms with Crippen molar-refractivity contribution in [2.75, 3.05) is 25.5 Å². The number of pyridine rings is 1. The number of anilines is 2. The summed E-state index contributed by atoms with van der Waals surface area (Å²) in [5.74, 6) is 1.22. The summed E-state index contributed by atoms with van der Waals surface area (Å²) in [5, 5.41) is 12.3. The van der Waals surface area contributed by atoms with E-state index in [4.69, 9.17) is 14.6 Å². The molecule has 1 aliphatic heterocycles. The Kier molecular flexibility index (Phi) is 5.58. The molecule has 3 rings (SSSR count). The van der Waals surface area contributed by atoms with Crippen LogP contribution in [0.1, 0.15) is 24.2 Å². The molecule has 0 spiro atoms. The lowest BCUT2D eigenvalue weighted by Gasteiger charge is -2.30. The monoisotopic (exact) mass is 373 g/mol. The molecule has 0 aliphatic carbocycles. The number of hydrogen-bond donors (Lipinski definition) is 2. The van der Waals surface area contributed by atoms with Crippen molar-refractivity contribution in [1.29, 1.82) is 0 Å². The second-order valence-electron chi connectivity index (χ2n) is 6.36. The number of amides is 1. The Balaban J connectivity index is 1.75. The fourth-order valence-corrected chi connectivity index (χ4v) is 2.98. The molecule has 2 aromatic rings. The molecule has 27 heavy (non-hydrogen) atoms. The lowest BCUT2D eigenvalue weighted by Crippen LogP contribution is -2.41. The van der Waals surface area contributed by atoms with Gasteiger partial charge in [0.05, 0.1) is 18.5 Å². The Bertz CT molecular complexity index is 821. The zero-order chi connectivity index (χ0) is 19.4. The van der Waals surface area contributed by atoms with E-state index in [2.05, 4.69) is 20.3 Å². The summed E-state index contributed by atoms with van der Waals surface area (Å²) in [6.45, 7) is 4.72. The molecule has 1 amide bonds. The number of methoxy groups -OCH3 is 1. The highest BCUT2D eigenvalue weighted by Crippen LogP contribution is 2.34. The van der Waals surface area contributed by atoms with E-state index in [9.17, 15) is 4.79 Å². The largest absolute Gasteiger partial charge is 0.489 e. The molecule has 0 bridgehead atoms. The molecule has 0 unspecified atom stereocenters. The number of rotatable bonds is 5. The van der Waals surface area contributed by atoms with E-state index in [1.807, 2.05) is 26.0 Å². The van der Waals surface area contributed by atoms with Gasteiger partial charge in [0.2, 0.25) is 5.75 Å². The van der Waals surface area contributed by atoms with Crippen LogP contribution in [0.5, 0.6) is 11.6 Å². The molecule has 9 heteroatoms. The first-order valence-electron chi connectivity index (χ1n) is 8.72. The molecule has 0 radical (unpaired) electrons. The third-order valence-corrected chi connectivity index (χ3v) is 4.44. The summed E-state index contributed by atoms with van der Waals surface area (Å²) in [7, 11) is 1.53. The normalized spacial score (nSPS) is 14.7. The number of nitrogens with zero attached hydrogens (tertiary/aromatic N) is 4. The molecule has 2 aromatic heterocycles. The maximum atomic E-state index is 11.0. The Hall–Kier alpha value is -3.10. The van der Waals surface area contributed by atoms with Gasteiger partial charge >= 0.3 is 6.09 Å². The van der Waals surface area contributed by atoms with Gasteiger partial charge in [-0.05, 0) is 26.0 Å². The fourth-order valence-electron chi connectivity index (χ4n) is 2.98. The average Bonchev–Trinajstić information content (AvgIpc) is 2.65. The van der Waals surface area contributed by atoms with Crippen LogP contribution in [-0.2, 0) is 0 Å². The highest BCUT2D eigenvalue weighted by atomic mass is 16.5. The van der Waals surface area contributed by atoms with Crippen LogP contribution >= 0.6 is 0 Å². The number of carbonyl (C=O) groups is 1. The van der Waals surface area contributed by atoms with Crippen LogP contribution in [0.3, 0.4) is 0 Å².